The van der Waals surface area contributed by atoms with Crippen molar-refractivity contribution >= 4 is 11.8 Å². The Morgan fingerprint density at radius 2 is 2.21 bits per heavy atom. The number of hydrogen-bond donors (Lipinski definition) is 2. The molecule has 2 heterocycles. The third kappa shape index (κ3) is 1.83. The van der Waals surface area contributed by atoms with Crippen molar-refractivity contribution in [3.63, 3.8) is 0 Å². The minimum Gasteiger partial charge on any atom is -0.325 e. The Kier molecular flexibility index (Phi) is 2.88. The summed E-state index contributed by atoms with van der Waals surface area (Å²) in [7, 11) is 0. The van der Waals surface area contributed by atoms with E-state index in [1.807, 2.05) is 11.8 Å². The molecule has 14 heavy (non-hydrogen) atoms. The van der Waals surface area contributed by atoms with Crippen molar-refractivity contribution in [3.05, 3.63) is 27.4 Å². The normalized spacial score (nSPS) is 16.1. The van der Waals surface area contributed by atoms with E-state index < -0.39 is 0 Å². The van der Waals surface area contributed by atoms with Crippen LogP contribution in [-0.4, -0.2) is 21.5 Å². The van der Waals surface area contributed by atoms with Gasteiger partial charge in [-0.2, -0.15) is 16.7 Å². The maximum absolute atomic E-state index is 11.2. The molecule has 0 aromatic carbocycles. The zero-order valence-electron chi connectivity index (χ0n) is 7.88. The summed E-state index contributed by atoms with van der Waals surface area (Å²) in [5, 5.41) is 0. The van der Waals surface area contributed by atoms with E-state index in [9.17, 15) is 4.79 Å². The summed E-state index contributed by atoms with van der Waals surface area (Å²) < 4.78 is 0. The number of nitrogens with zero attached hydrogens (tertiary/aromatic N) is 1. The highest BCUT2D eigenvalue weighted by Gasteiger charge is 2.13. The first-order valence-corrected chi connectivity index (χ1v) is 5.85. The van der Waals surface area contributed by atoms with Gasteiger partial charge in [0.25, 0.3) is 0 Å². The molecule has 0 aliphatic carbocycles. The Balaban J connectivity index is 2.52. The third-order valence-electron chi connectivity index (χ3n) is 2.39. The molecule has 0 saturated carbocycles. The number of H-pyrrole nitrogens is 1. The first-order chi connectivity index (χ1) is 6.81. The second kappa shape index (κ2) is 4.14. The van der Waals surface area contributed by atoms with Gasteiger partial charge >= 0.3 is 5.69 Å². The number of nitrogens with two attached hydrogens (primary N) is 1. The highest BCUT2D eigenvalue weighted by atomic mass is 32.2. The minimum atomic E-state index is -0.267. The molecule has 2 rings (SSSR count). The topological polar surface area (TPSA) is 71.8 Å². The van der Waals surface area contributed by atoms with Crippen molar-refractivity contribution in [2.75, 3.05) is 11.5 Å². The Morgan fingerprint density at radius 3 is 3.00 bits per heavy atom. The van der Waals surface area contributed by atoms with E-state index in [4.69, 9.17) is 5.73 Å². The highest BCUT2D eigenvalue weighted by Crippen LogP contribution is 2.18. The molecular weight excluding hydrogens is 198 g/mol. The fourth-order valence-electron chi connectivity index (χ4n) is 1.72. The van der Waals surface area contributed by atoms with Gasteiger partial charge in [-0.25, -0.2) is 4.79 Å². The molecule has 76 valence electrons. The Morgan fingerprint density at radius 1 is 1.43 bits per heavy atom. The van der Waals surface area contributed by atoms with Gasteiger partial charge in [0.2, 0.25) is 0 Å². The van der Waals surface area contributed by atoms with Crippen LogP contribution in [0.25, 0.3) is 0 Å². The van der Waals surface area contributed by atoms with Crippen molar-refractivity contribution in [2.45, 2.75) is 19.4 Å². The lowest BCUT2D eigenvalue weighted by molar-refractivity contribution is 0.844. The van der Waals surface area contributed by atoms with E-state index in [0.717, 1.165) is 41.3 Å². The molecule has 0 spiro atoms. The summed E-state index contributed by atoms with van der Waals surface area (Å²) in [4.78, 5) is 17.9. The second-order valence-corrected chi connectivity index (χ2v) is 4.49. The van der Waals surface area contributed by atoms with Crippen LogP contribution < -0.4 is 11.4 Å². The minimum absolute atomic E-state index is 0.267. The van der Waals surface area contributed by atoms with Crippen LogP contribution in [0.2, 0.25) is 0 Å². The summed E-state index contributed by atoms with van der Waals surface area (Å²) in [5.41, 5.74) is 8.28. The van der Waals surface area contributed by atoms with Gasteiger partial charge < -0.3 is 10.7 Å². The van der Waals surface area contributed by atoms with Crippen LogP contribution in [0, 0.1) is 0 Å². The van der Waals surface area contributed by atoms with Gasteiger partial charge in [0.1, 0.15) is 0 Å². The molecule has 5 heteroatoms. The third-order valence-corrected chi connectivity index (χ3v) is 3.38. The number of fused-ring (bicyclic) bond motifs is 1. The first-order valence-electron chi connectivity index (χ1n) is 4.70. The van der Waals surface area contributed by atoms with E-state index in [0.29, 0.717) is 6.54 Å². The molecule has 1 aromatic heterocycles. The molecule has 3 N–H and O–H groups in total. The lowest BCUT2D eigenvalue weighted by Gasteiger charge is -2.08. The molecule has 0 amide bonds. The Hall–Kier alpha value is -0.810. The number of aromatic amines is 1. The average Bonchev–Trinajstić information content (AvgIpc) is 2.41. The van der Waals surface area contributed by atoms with Crippen LogP contribution in [0.1, 0.15) is 17.0 Å². The van der Waals surface area contributed by atoms with Crippen LogP contribution in [0.3, 0.4) is 0 Å². The van der Waals surface area contributed by atoms with Crippen molar-refractivity contribution in [1.82, 2.24) is 9.97 Å². The summed E-state index contributed by atoms with van der Waals surface area (Å²) >= 11 is 1.91. The molecule has 1 aliphatic heterocycles. The van der Waals surface area contributed by atoms with E-state index in [1.54, 1.807) is 0 Å². The zero-order chi connectivity index (χ0) is 9.97. The maximum atomic E-state index is 11.2. The molecule has 0 fully saturated rings. The van der Waals surface area contributed by atoms with E-state index in [1.165, 1.54) is 0 Å². The van der Waals surface area contributed by atoms with Gasteiger partial charge in [-0.3, -0.25) is 0 Å². The van der Waals surface area contributed by atoms with Gasteiger partial charge in [0.15, 0.2) is 0 Å². The molecule has 0 radical (unpaired) electrons. The number of thioether (sulfide) groups is 1. The highest BCUT2D eigenvalue weighted by molar-refractivity contribution is 7.99. The summed E-state index contributed by atoms with van der Waals surface area (Å²) in [6.07, 6.45) is 1.89. The maximum Gasteiger partial charge on any atom is 0.345 e. The summed E-state index contributed by atoms with van der Waals surface area (Å²) in [6.45, 7) is 0.358. The Bertz CT molecular complexity index is 388. The van der Waals surface area contributed by atoms with E-state index >= 15 is 0 Å². The zero-order valence-corrected chi connectivity index (χ0v) is 8.69. The predicted molar refractivity (Wildman–Crippen MR) is 57.5 cm³/mol. The molecule has 0 saturated heterocycles. The van der Waals surface area contributed by atoms with Gasteiger partial charge in [0.05, 0.1) is 5.69 Å². The van der Waals surface area contributed by atoms with Gasteiger partial charge in [-0.15, -0.1) is 0 Å². The molecule has 0 atom stereocenters. The molecule has 4 nitrogen and oxygen atoms in total. The van der Waals surface area contributed by atoms with Crippen LogP contribution in [0.15, 0.2) is 4.79 Å². The van der Waals surface area contributed by atoms with Crippen LogP contribution in [-0.2, 0) is 19.4 Å². The smallest absolute Gasteiger partial charge is 0.325 e. The summed E-state index contributed by atoms with van der Waals surface area (Å²) in [5.74, 6) is 2.16. The number of aryl methyl sites for hydroxylation is 1. The van der Waals surface area contributed by atoms with E-state index in [2.05, 4.69) is 9.97 Å². The van der Waals surface area contributed by atoms with Crippen molar-refractivity contribution in [3.8, 4) is 0 Å². The number of rotatable bonds is 1. The molecule has 1 aliphatic rings. The van der Waals surface area contributed by atoms with Crippen molar-refractivity contribution < 1.29 is 0 Å². The molecule has 0 bridgehead atoms. The quantitative estimate of drug-likeness (QED) is 0.689. The SMILES string of the molecule is NCc1nc(=O)[nH]c2c1CCSCC2. The Labute approximate surface area is 86.3 Å². The van der Waals surface area contributed by atoms with Crippen LogP contribution >= 0.6 is 11.8 Å². The second-order valence-electron chi connectivity index (χ2n) is 3.26. The van der Waals surface area contributed by atoms with Gasteiger partial charge in [0, 0.05) is 12.2 Å². The van der Waals surface area contributed by atoms with Crippen LogP contribution in [0.5, 0.6) is 0 Å². The number of aromatic nitrogens is 2. The van der Waals surface area contributed by atoms with Crippen LogP contribution in [0.4, 0.5) is 0 Å². The molecule has 1 aromatic rings. The monoisotopic (exact) mass is 211 g/mol. The van der Waals surface area contributed by atoms with Gasteiger partial charge in [-0.1, -0.05) is 0 Å². The average molecular weight is 211 g/mol. The molecular formula is C9H13N3OS. The predicted octanol–water partition coefficient (Wildman–Crippen LogP) is 0.0604. The fourth-order valence-corrected chi connectivity index (χ4v) is 2.63. The van der Waals surface area contributed by atoms with E-state index in [-0.39, 0.29) is 5.69 Å². The van der Waals surface area contributed by atoms with Gasteiger partial charge in [-0.05, 0) is 29.9 Å². The largest absolute Gasteiger partial charge is 0.345 e. The number of hydrogen-bond acceptors (Lipinski definition) is 4. The standard InChI is InChI=1S/C9H13N3OS/c10-5-8-6-1-3-14-4-2-7(6)11-9(13)12-8/h1-5,10H2,(H,11,12,13). The fraction of sp³-hybridized carbons (Fsp3) is 0.556. The lowest BCUT2D eigenvalue weighted by Crippen LogP contribution is -2.21. The number of nitrogens with one attached hydrogen (secondary N) is 1. The van der Waals surface area contributed by atoms with Crippen molar-refractivity contribution in [2.24, 2.45) is 5.73 Å². The summed E-state index contributed by atoms with van der Waals surface area (Å²) in [6, 6.07) is 0. The lowest BCUT2D eigenvalue weighted by atomic mass is 10.1. The first kappa shape index (κ1) is 9.73. The molecule has 0 unspecified atom stereocenters. The van der Waals surface area contributed by atoms with Crippen molar-refractivity contribution in [1.29, 1.82) is 0 Å².